The molecule has 0 saturated carbocycles. The number of carbonyl (C=O) groups is 1. The summed E-state index contributed by atoms with van der Waals surface area (Å²) in [6, 6.07) is 4.47. The molecule has 1 aromatic rings. The zero-order chi connectivity index (χ0) is 16.1. The van der Waals surface area contributed by atoms with Crippen LogP contribution in [0.15, 0.2) is 18.2 Å². The van der Waals surface area contributed by atoms with E-state index in [0.717, 1.165) is 31.7 Å². The van der Waals surface area contributed by atoms with Crippen molar-refractivity contribution < 1.29 is 14.3 Å². The number of piperazine rings is 1. The highest BCUT2D eigenvalue weighted by molar-refractivity contribution is 5.94. The predicted molar refractivity (Wildman–Crippen MR) is 84.3 cm³/mol. The average Bonchev–Trinajstić information content (AvgIpc) is 2.50. The summed E-state index contributed by atoms with van der Waals surface area (Å²) in [5.74, 6) is -0.605. The molecule has 1 aliphatic rings. The third kappa shape index (κ3) is 4.25. The molecule has 1 atom stereocenters. The fourth-order valence-electron chi connectivity index (χ4n) is 2.64. The molecule has 1 fully saturated rings. The Kier molecular flexibility index (Phi) is 5.88. The summed E-state index contributed by atoms with van der Waals surface area (Å²) in [4.78, 5) is 16.5. The largest absolute Gasteiger partial charge is 0.395 e. The van der Waals surface area contributed by atoms with Crippen molar-refractivity contribution >= 4 is 11.6 Å². The standard InChI is InChI=1S/C16H24FN3O2/c1-12-3-4-15(14(17)11-12)18-16(22)13(2)20-7-5-19(6-8-20)9-10-21/h3-4,11,13,21H,5-10H2,1-2H3,(H,18,22). The molecule has 0 radical (unpaired) electrons. The van der Waals surface area contributed by atoms with Crippen molar-refractivity contribution in [2.24, 2.45) is 0 Å². The van der Waals surface area contributed by atoms with Crippen molar-refractivity contribution in [2.45, 2.75) is 19.9 Å². The van der Waals surface area contributed by atoms with E-state index >= 15 is 0 Å². The van der Waals surface area contributed by atoms with Gasteiger partial charge in [0.25, 0.3) is 0 Å². The molecule has 0 spiro atoms. The predicted octanol–water partition coefficient (Wildman–Crippen LogP) is 1.07. The second-order valence-corrected chi connectivity index (χ2v) is 5.75. The van der Waals surface area contributed by atoms with Gasteiger partial charge in [0.05, 0.1) is 18.3 Å². The van der Waals surface area contributed by atoms with Crippen LogP contribution in [0.4, 0.5) is 10.1 Å². The molecular formula is C16H24FN3O2. The monoisotopic (exact) mass is 309 g/mol. The first-order chi connectivity index (χ1) is 10.5. The fraction of sp³-hybridized carbons (Fsp3) is 0.562. The lowest BCUT2D eigenvalue weighted by atomic mass is 10.2. The normalized spacial score (nSPS) is 18.2. The first-order valence-corrected chi connectivity index (χ1v) is 7.65. The number of hydrogen-bond donors (Lipinski definition) is 2. The summed E-state index contributed by atoms with van der Waals surface area (Å²) in [5.41, 5.74) is 1.05. The number of benzene rings is 1. The van der Waals surface area contributed by atoms with Crippen molar-refractivity contribution in [3.63, 3.8) is 0 Å². The average molecular weight is 309 g/mol. The molecule has 1 saturated heterocycles. The van der Waals surface area contributed by atoms with Crippen LogP contribution < -0.4 is 5.32 Å². The maximum atomic E-state index is 13.8. The lowest BCUT2D eigenvalue weighted by molar-refractivity contribution is -0.121. The molecule has 0 aliphatic carbocycles. The molecule has 1 aliphatic heterocycles. The molecule has 0 bridgehead atoms. The van der Waals surface area contributed by atoms with Gasteiger partial charge in [-0.05, 0) is 31.5 Å². The van der Waals surface area contributed by atoms with Crippen molar-refractivity contribution in [3.8, 4) is 0 Å². The minimum absolute atomic E-state index is 0.155. The van der Waals surface area contributed by atoms with Gasteiger partial charge in [-0.25, -0.2) is 4.39 Å². The van der Waals surface area contributed by atoms with E-state index in [1.54, 1.807) is 12.1 Å². The van der Waals surface area contributed by atoms with Gasteiger partial charge >= 0.3 is 0 Å². The maximum absolute atomic E-state index is 13.8. The molecular weight excluding hydrogens is 285 g/mol. The number of amides is 1. The molecule has 2 N–H and O–H groups in total. The molecule has 0 aromatic heterocycles. The lowest BCUT2D eigenvalue weighted by Gasteiger charge is -2.37. The summed E-state index contributed by atoms with van der Waals surface area (Å²) in [6.07, 6.45) is 0. The van der Waals surface area contributed by atoms with Gasteiger partial charge in [-0.3, -0.25) is 14.6 Å². The Labute approximate surface area is 130 Å². The van der Waals surface area contributed by atoms with Crippen molar-refractivity contribution in [1.29, 1.82) is 0 Å². The number of nitrogens with one attached hydrogen (secondary N) is 1. The van der Waals surface area contributed by atoms with Crippen LogP contribution >= 0.6 is 0 Å². The molecule has 1 unspecified atom stereocenters. The van der Waals surface area contributed by atoms with Gasteiger partial charge in [-0.2, -0.15) is 0 Å². The van der Waals surface area contributed by atoms with Crippen molar-refractivity contribution in [2.75, 3.05) is 44.6 Å². The summed E-state index contributed by atoms with van der Waals surface area (Å²) in [5, 5.41) is 11.6. The lowest BCUT2D eigenvalue weighted by Crippen LogP contribution is -2.53. The van der Waals surface area contributed by atoms with Gasteiger partial charge in [0.1, 0.15) is 5.82 Å². The zero-order valence-electron chi connectivity index (χ0n) is 13.2. The fourth-order valence-corrected chi connectivity index (χ4v) is 2.64. The van der Waals surface area contributed by atoms with Crippen LogP contribution in [0.5, 0.6) is 0 Å². The van der Waals surface area contributed by atoms with Crippen LogP contribution in [-0.4, -0.2) is 66.2 Å². The molecule has 122 valence electrons. The van der Waals surface area contributed by atoms with Crippen LogP contribution in [0.25, 0.3) is 0 Å². The highest BCUT2D eigenvalue weighted by Crippen LogP contribution is 2.16. The Bertz CT molecular complexity index is 516. The second-order valence-electron chi connectivity index (χ2n) is 5.75. The Morgan fingerprint density at radius 2 is 2.05 bits per heavy atom. The minimum Gasteiger partial charge on any atom is -0.395 e. The number of β-amino-alcohol motifs (C(OH)–C–C–N with tert-alkyl or cyclic N) is 1. The van der Waals surface area contributed by atoms with Gasteiger partial charge < -0.3 is 10.4 Å². The van der Waals surface area contributed by atoms with Crippen molar-refractivity contribution in [1.82, 2.24) is 9.80 Å². The van der Waals surface area contributed by atoms with E-state index in [4.69, 9.17) is 5.11 Å². The van der Waals surface area contributed by atoms with Crippen LogP contribution in [0.1, 0.15) is 12.5 Å². The number of anilines is 1. The smallest absolute Gasteiger partial charge is 0.241 e. The summed E-state index contributed by atoms with van der Waals surface area (Å²) >= 11 is 0. The van der Waals surface area contributed by atoms with Gasteiger partial charge in [0.2, 0.25) is 5.91 Å². The number of aryl methyl sites for hydroxylation is 1. The van der Waals surface area contributed by atoms with Gasteiger partial charge in [0.15, 0.2) is 0 Å². The van der Waals surface area contributed by atoms with E-state index in [0.29, 0.717) is 6.54 Å². The van der Waals surface area contributed by atoms with E-state index in [2.05, 4.69) is 15.1 Å². The number of aliphatic hydroxyl groups is 1. The van der Waals surface area contributed by atoms with Crippen LogP contribution in [0.3, 0.4) is 0 Å². The molecule has 22 heavy (non-hydrogen) atoms. The summed E-state index contributed by atoms with van der Waals surface area (Å²) < 4.78 is 13.8. The second kappa shape index (κ2) is 7.67. The highest BCUT2D eigenvalue weighted by atomic mass is 19.1. The molecule has 1 amide bonds. The molecule has 2 rings (SSSR count). The molecule has 1 aromatic carbocycles. The number of nitrogens with zero attached hydrogens (tertiary/aromatic N) is 2. The first-order valence-electron chi connectivity index (χ1n) is 7.65. The van der Waals surface area contributed by atoms with Gasteiger partial charge in [-0.15, -0.1) is 0 Å². The highest BCUT2D eigenvalue weighted by Gasteiger charge is 2.25. The number of rotatable bonds is 5. The van der Waals surface area contributed by atoms with Crippen LogP contribution in [0, 0.1) is 12.7 Å². The number of aliphatic hydroxyl groups excluding tert-OH is 1. The van der Waals surface area contributed by atoms with E-state index in [1.807, 2.05) is 13.8 Å². The maximum Gasteiger partial charge on any atom is 0.241 e. The zero-order valence-corrected chi connectivity index (χ0v) is 13.2. The number of hydrogen-bond acceptors (Lipinski definition) is 4. The quantitative estimate of drug-likeness (QED) is 0.854. The van der Waals surface area contributed by atoms with E-state index in [1.165, 1.54) is 6.07 Å². The topological polar surface area (TPSA) is 55.8 Å². The Morgan fingerprint density at radius 3 is 2.64 bits per heavy atom. The van der Waals surface area contributed by atoms with E-state index in [9.17, 15) is 9.18 Å². The third-order valence-electron chi connectivity index (χ3n) is 4.13. The Balaban J connectivity index is 1.90. The number of carbonyl (C=O) groups excluding carboxylic acids is 1. The Hall–Kier alpha value is -1.50. The molecule has 6 heteroatoms. The molecule has 1 heterocycles. The summed E-state index contributed by atoms with van der Waals surface area (Å²) in [7, 11) is 0. The van der Waals surface area contributed by atoms with Crippen LogP contribution in [0.2, 0.25) is 0 Å². The SMILES string of the molecule is Cc1ccc(NC(=O)C(C)N2CCN(CCO)CC2)c(F)c1. The van der Waals surface area contributed by atoms with Gasteiger partial charge in [-0.1, -0.05) is 6.07 Å². The van der Waals surface area contributed by atoms with Gasteiger partial charge in [0, 0.05) is 32.7 Å². The number of halogens is 1. The molecule has 5 nitrogen and oxygen atoms in total. The third-order valence-corrected chi connectivity index (χ3v) is 4.13. The van der Waals surface area contributed by atoms with E-state index in [-0.39, 0.29) is 24.2 Å². The Morgan fingerprint density at radius 1 is 1.36 bits per heavy atom. The van der Waals surface area contributed by atoms with Crippen molar-refractivity contribution in [3.05, 3.63) is 29.6 Å². The first kappa shape index (κ1) is 16.9. The van der Waals surface area contributed by atoms with E-state index < -0.39 is 5.82 Å². The minimum atomic E-state index is -0.409. The summed E-state index contributed by atoms with van der Waals surface area (Å²) in [6.45, 7) is 7.67. The van der Waals surface area contributed by atoms with Crippen LogP contribution in [-0.2, 0) is 4.79 Å².